The fraction of sp³-hybridized carbons (Fsp3) is 0.455. The molecule has 0 aliphatic carbocycles. The first-order valence-electron chi connectivity index (χ1n) is 5.06. The van der Waals surface area contributed by atoms with Crippen LogP contribution in [0.25, 0.3) is 0 Å². The van der Waals surface area contributed by atoms with Gasteiger partial charge in [-0.25, -0.2) is 8.78 Å². The molecule has 1 aromatic rings. The van der Waals surface area contributed by atoms with Gasteiger partial charge in [0.1, 0.15) is 0 Å². The van der Waals surface area contributed by atoms with Crippen LogP contribution in [0.4, 0.5) is 14.5 Å². The maximum absolute atomic E-state index is 13.3. The van der Waals surface area contributed by atoms with Crippen LogP contribution in [0.15, 0.2) is 18.2 Å². The molecular weight excluding hydrogens is 255 g/mol. The number of hydrogen-bond donors (Lipinski definition) is 0. The Morgan fingerprint density at radius 3 is 2.69 bits per heavy atom. The lowest BCUT2D eigenvalue weighted by Gasteiger charge is -2.34. The van der Waals surface area contributed by atoms with Gasteiger partial charge in [0, 0.05) is 13.0 Å². The molecule has 0 saturated carbocycles. The SMILES string of the molecule is FC1(F)CCCN(c2cccc(Cl)c2Cl)C1. The maximum atomic E-state index is 13.3. The highest BCUT2D eigenvalue weighted by Crippen LogP contribution is 2.36. The largest absolute Gasteiger partial charge is 0.364 e. The van der Waals surface area contributed by atoms with Gasteiger partial charge >= 0.3 is 0 Å². The second-order valence-electron chi connectivity index (χ2n) is 3.95. The lowest BCUT2D eigenvalue weighted by Crippen LogP contribution is -2.42. The molecule has 1 saturated heterocycles. The quantitative estimate of drug-likeness (QED) is 0.735. The van der Waals surface area contributed by atoms with Crippen LogP contribution in [0.2, 0.25) is 10.0 Å². The third kappa shape index (κ3) is 2.41. The van der Waals surface area contributed by atoms with Gasteiger partial charge in [0.2, 0.25) is 0 Å². The minimum atomic E-state index is -2.64. The summed E-state index contributed by atoms with van der Waals surface area (Å²) >= 11 is 11.9. The average molecular weight is 266 g/mol. The molecule has 1 aliphatic rings. The first-order valence-corrected chi connectivity index (χ1v) is 5.82. The summed E-state index contributed by atoms with van der Waals surface area (Å²) in [7, 11) is 0. The third-order valence-corrected chi connectivity index (χ3v) is 3.47. The summed E-state index contributed by atoms with van der Waals surface area (Å²) in [4.78, 5) is 1.59. The number of rotatable bonds is 1. The van der Waals surface area contributed by atoms with Gasteiger partial charge in [-0.15, -0.1) is 0 Å². The van der Waals surface area contributed by atoms with Crippen molar-refractivity contribution in [2.75, 3.05) is 18.0 Å². The van der Waals surface area contributed by atoms with Gasteiger partial charge in [-0.05, 0) is 18.6 Å². The van der Waals surface area contributed by atoms with E-state index in [2.05, 4.69) is 0 Å². The second kappa shape index (κ2) is 4.38. The van der Waals surface area contributed by atoms with Gasteiger partial charge in [0.15, 0.2) is 0 Å². The molecule has 1 fully saturated rings. The van der Waals surface area contributed by atoms with Crippen LogP contribution in [0, 0.1) is 0 Å². The van der Waals surface area contributed by atoms with Crippen LogP contribution >= 0.6 is 23.2 Å². The number of alkyl halides is 2. The monoisotopic (exact) mass is 265 g/mol. The topological polar surface area (TPSA) is 3.24 Å². The fourth-order valence-electron chi connectivity index (χ4n) is 1.91. The van der Waals surface area contributed by atoms with E-state index >= 15 is 0 Å². The van der Waals surface area contributed by atoms with E-state index < -0.39 is 5.92 Å². The summed E-state index contributed by atoms with van der Waals surface area (Å²) in [6.07, 6.45) is 0.414. The van der Waals surface area contributed by atoms with Crippen molar-refractivity contribution < 1.29 is 8.78 Å². The highest BCUT2D eigenvalue weighted by atomic mass is 35.5. The van der Waals surface area contributed by atoms with E-state index in [0.29, 0.717) is 28.7 Å². The summed E-state index contributed by atoms with van der Waals surface area (Å²) in [5.74, 6) is -2.64. The van der Waals surface area contributed by atoms with Crippen molar-refractivity contribution in [2.24, 2.45) is 0 Å². The number of nitrogens with zero attached hydrogens (tertiary/aromatic N) is 1. The molecule has 88 valence electrons. The molecular formula is C11H11Cl2F2N. The van der Waals surface area contributed by atoms with Crippen molar-refractivity contribution in [2.45, 2.75) is 18.8 Å². The lowest BCUT2D eigenvalue weighted by molar-refractivity contribution is -0.0116. The van der Waals surface area contributed by atoms with Crippen LogP contribution in [0.3, 0.4) is 0 Å². The zero-order valence-electron chi connectivity index (χ0n) is 8.52. The van der Waals surface area contributed by atoms with Crippen molar-refractivity contribution in [1.29, 1.82) is 0 Å². The molecule has 1 nitrogen and oxygen atoms in total. The maximum Gasteiger partial charge on any atom is 0.265 e. The lowest BCUT2D eigenvalue weighted by atomic mass is 10.1. The summed E-state index contributed by atoms with van der Waals surface area (Å²) in [6, 6.07) is 5.08. The molecule has 16 heavy (non-hydrogen) atoms. The molecule has 0 bridgehead atoms. The predicted octanol–water partition coefficient (Wildman–Crippen LogP) is 4.23. The zero-order valence-corrected chi connectivity index (χ0v) is 10.0. The highest BCUT2D eigenvalue weighted by Gasteiger charge is 2.35. The van der Waals surface area contributed by atoms with E-state index in [1.807, 2.05) is 0 Å². The molecule has 5 heteroatoms. The molecule has 0 aromatic heterocycles. The summed E-state index contributed by atoms with van der Waals surface area (Å²) in [5.41, 5.74) is 0.591. The first kappa shape index (κ1) is 11.9. The predicted molar refractivity (Wildman–Crippen MR) is 62.9 cm³/mol. The number of anilines is 1. The first-order chi connectivity index (χ1) is 7.49. The molecule has 0 unspecified atom stereocenters. The normalized spacial score (nSPS) is 19.9. The Balaban J connectivity index is 2.27. The molecule has 0 spiro atoms. The second-order valence-corrected chi connectivity index (χ2v) is 4.74. The number of hydrogen-bond acceptors (Lipinski definition) is 1. The van der Waals surface area contributed by atoms with Crippen LogP contribution in [0.5, 0.6) is 0 Å². The smallest absolute Gasteiger partial charge is 0.265 e. The number of halogens is 4. The van der Waals surface area contributed by atoms with Crippen molar-refractivity contribution in [3.05, 3.63) is 28.2 Å². The number of piperidine rings is 1. The van der Waals surface area contributed by atoms with E-state index in [1.165, 1.54) is 0 Å². The van der Waals surface area contributed by atoms with E-state index in [0.717, 1.165) is 0 Å². The van der Waals surface area contributed by atoms with Gasteiger partial charge in [-0.1, -0.05) is 29.3 Å². The van der Waals surface area contributed by atoms with Crippen LogP contribution in [-0.4, -0.2) is 19.0 Å². The van der Waals surface area contributed by atoms with Crippen molar-refractivity contribution in [3.63, 3.8) is 0 Å². The van der Waals surface area contributed by atoms with Gasteiger partial charge in [-0.3, -0.25) is 0 Å². The molecule has 0 atom stereocenters. The molecule has 1 aromatic carbocycles. The van der Waals surface area contributed by atoms with Crippen LogP contribution < -0.4 is 4.90 Å². The Morgan fingerprint density at radius 2 is 2.00 bits per heavy atom. The van der Waals surface area contributed by atoms with Crippen LogP contribution in [-0.2, 0) is 0 Å². The molecule has 0 amide bonds. The summed E-state index contributed by atoms with van der Waals surface area (Å²) in [6.45, 7) is 0.308. The zero-order chi connectivity index (χ0) is 11.8. The summed E-state index contributed by atoms with van der Waals surface area (Å²) in [5, 5.41) is 0.745. The van der Waals surface area contributed by atoms with Crippen molar-refractivity contribution in [3.8, 4) is 0 Å². The van der Waals surface area contributed by atoms with E-state index in [4.69, 9.17) is 23.2 Å². The van der Waals surface area contributed by atoms with Gasteiger partial charge in [-0.2, -0.15) is 0 Å². The standard InChI is InChI=1S/C11H11Cl2F2N/c12-8-3-1-4-9(10(8)13)16-6-2-5-11(14,15)7-16/h1,3-4H,2,5-7H2. The Kier molecular flexibility index (Phi) is 3.27. The van der Waals surface area contributed by atoms with E-state index in [1.54, 1.807) is 23.1 Å². The van der Waals surface area contributed by atoms with E-state index in [-0.39, 0.29) is 13.0 Å². The van der Waals surface area contributed by atoms with Gasteiger partial charge in [0.25, 0.3) is 5.92 Å². The highest BCUT2D eigenvalue weighted by molar-refractivity contribution is 6.43. The van der Waals surface area contributed by atoms with Gasteiger partial charge < -0.3 is 4.90 Å². The van der Waals surface area contributed by atoms with E-state index in [9.17, 15) is 8.78 Å². The van der Waals surface area contributed by atoms with Crippen molar-refractivity contribution in [1.82, 2.24) is 0 Å². The Bertz CT molecular complexity index is 396. The Labute approximate surface area is 103 Å². The Morgan fingerprint density at radius 1 is 1.25 bits per heavy atom. The molecule has 1 heterocycles. The Hall–Kier alpha value is -0.540. The minimum absolute atomic E-state index is 0.0539. The van der Waals surface area contributed by atoms with Crippen LogP contribution in [0.1, 0.15) is 12.8 Å². The fourth-order valence-corrected chi connectivity index (χ4v) is 2.32. The summed E-state index contributed by atoms with van der Waals surface area (Å²) < 4.78 is 26.5. The molecule has 2 rings (SSSR count). The average Bonchev–Trinajstić information content (AvgIpc) is 2.20. The third-order valence-electron chi connectivity index (χ3n) is 2.66. The van der Waals surface area contributed by atoms with Gasteiger partial charge in [0.05, 0.1) is 22.3 Å². The minimum Gasteiger partial charge on any atom is -0.364 e. The molecule has 0 radical (unpaired) electrons. The molecule has 1 aliphatic heterocycles. The molecule has 0 N–H and O–H groups in total. The van der Waals surface area contributed by atoms with Crippen molar-refractivity contribution >= 4 is 28.9 Å². The number of benzene rings is 1.